The number of aryl methyl sites for hydroxylation is 1. The van der Waals surface area contributed by atoms with Crippen LogP contribution in [-0.2, 0) is 26.0 Å². The second-order valence-corrected chi connectivity index (χ2v) is 10.5. The first-order valence-electron chi connectivity index (χ1n) is 8.92. The van der Waals surface area contributed by atoms with E-state index in [1.54, 1.807) is 18.2 Å². The zero-order valence-electron chi connectivity index (χ0n) is 15.8. The van der Waals surface area contributed by atoms with Crippen molar-refractivity contribution >= 4 is 55.2 Å². The van der Waals surface area contributed by atoms with Crippen LogP contribution in [0.15, 0.2) is 51.8 Å². The maximum absolute atomic E-state index is 12.4. The normalized spacial score (nSPS) is 13.7. The first-order valence-corrected chi connectivity index (χ1v) is 12.5. The number of carbonyl (C=O) groups is 2. The van der Waals surface area contributed by atoms with Gasteiger partial charge < -0.3 is 4.74 Å². The highest BCUT2D eigenvalue weighted by atomic mass is 79.9. The number of fused-ring (bicyclic) bond motifs is 1. The quantitative estimate of drug-likeness (QED) is 0.329. The van der Waals surface area contributed by atoms with Gasteiger partial charge in [0.15, 0.2) is 12.4 Å². The lowest BCUT2D eigenvalue weighted by molar-refractivity contribution is -0.139. The molecule has 0 bridgehead atoms. The number of nitrogens with zero attached hydrogens (tertiary/aromatic N) is 1. The van der Waals surface area contributed by atoms with Crippen LogP contribution in [0, 0.1) is 0 Å². The maximum atomic E-state index is 12.4. The van der Waals surface area contributed by atoms with Crippen LogP contribution in [0.5, 0.6) is 0 Å². The lowest BCUT2D eigenvalue weighted by atomic mass is 9.99. The molecule has 0 saturated carbocycles. The molecule has 0 saturated heterocycles. The number of Topliss-reactive ketones (excluding diaryl/α,β-unsaturated/α-hetero) is 1. The minimum absolute atomic E-state index is 0.114. The van der Waals surface area contributed by atoms with Crippen LogP contribution < -0.4 is 4.31 Å². The third-order valence-corrected chi connectivity index (χ3v) is 7.11. The average molecular weight is 498 g/mol. The minimum atomic E-state index is -3.35. The summed E-state index contributed by atoms with van der Waals surface area (Å²) in [5.41, 5.74) is 1.83. The van der Waals surface area contributed by atoms with Crippen molar-refractivity contribution in [3.63, 3.8) is 0 Å². The summed E-state index contributed by atoms with van der Waals surface area (Å²) in [5, 5.41) is 0. The number of anilines is 1. The van der Waals surface area contributed by atoms with Gasteiger partial charge in [-0.1, -0.05) is 15.9 Å². The van der Waals surface area contributed by atoms with E-state index in [1.165, 1.54) is 22.3 Å². The molecule has 0 aliphatic carbocycles. The molecule has 9 heteroatoms. The van der Waals surface area contributed by atoms with Crippen molar-refractivity contribution in [2.75, 3.05) is 29.5 Å². The number of sulfonamides is 1. The summed E-state index contributed by atoms with van der Waals surface area (Å²) in [4.78, 5) is 25.3. The monoisotopic (exact) mass is 497 g/mol. The fraction of sp³-hybridized carbons (Fsp3) is 0.300. The molecule has 1 heterocycles. The largest absolute Gasteiger partial charge is 0.457 e. The number of ketones is 1. The Kier molecular flexibility index (Phi) is 7.02. The minimum Gasteiger partial charge on any atom is -0.457 e. The van der Waals surface area contributed by atoms with Crippen molar-refractivity contribution in [3.05, 3.63) is 58.1 Å². The molecule has 154 valence electrons. The molecule has 0 atom stereocenters. The van der Waals surface area contributed by atoms with Crippen LogP contribution in [0.2, 0.25) is 0 Å². The second kappa shape index (κ2) is 9.32. The molecule has 6 nitrogen and oxygen atoms in total. The number of hydrogen-bond donors (Lipinski definition) is 0. The number of esters is 1. The Morgan fingerprint density at radius 1 is 1.17 bits per heavy atom. The predicted molar refractivity (Wildman–Crippen MR) is 117 cm³/mol. The fourth-order valence-electron chi connectivity index (χ4n) is 3.02. The number of benzene rings is 2. The molecule has 1 aliphatic rings. The smallest absolute Gasteiger partial charge is 0.316 e. The van der Waals surface area contributed by atoms with Gasteiger partial charge in [-0.25, -0.2) is 8.42 Å². The lowest BCUT2D eigenvalue weighted by Crippen LogP contribution is -2.34. The Bertz CT molecular complexity index is 1020. The van der Waals surface area contributed by atoms with Gasteiger partial charge in [0.25, 0.3) is 0 Å². The topological polar surface area (TPSA) is 80.8 Å². The molecule has 0 aromatic heterocycles. The van der Waals surface area contributed by atoms with Gasteiger partial charge >= 0.3 is 5.97 Å². The van der Waals surface area contributed by atoms with E-state index < -0.39 is 16.0 Å². The molecule has 0 radical (unpaired) electrons. The molecule has 3 rings (SSSR count). The highest BCUT2D eigenvalue weighted by molar-refractivity contribution is 9.10. The van der Waals surface area contributed by atoms with Crippen LogP contribution in [0.1, 0.15) is 22.3 Å². The van der Waals surface area contributed by atoms with E-state index in [9.17, 15) is 18.0 Å². The highest BCUT2D eigenvalue weighted by Gasteiger charge is 2.24. The van der Waals surface area contributed by atoms with Crippen LogP contribution in [0.25, 0.3) is 0 Å². The van der Waals surface area contributed by atoms with E-state index in [4.69, 9.17) is 4.74 Å². The Morgan fingerprint density at radius 3 is 2.59 bits per heavy atom. The summed E-state index contributed by atoms with van der Waals surface area (Å²) < 4.78 is 31.3. The van der Waals surface area contributed by atoms with E-state index in [1.807, 2.05) is 24.3 Å². The van der Waals surface area contributed by atoms with Gasteiger partial charge in [-0.15, -0.1) is 11.8 Å². The number of ether oxygens (including phenoxy) is 1. The molecule has 1 aliphatic heterocycles. The van der Waals surface area contributed by atoms with E-state index in [0.29, 0.717) is 30.6 Å². The standard InChI is InChI=1S/C20H20BrNO5S2/c1-29(25,26)22-10-2-3-14-11-15(4-9-18(14)22)19(23)12-27-20(24)13-28-17-7-5-16(21)6-8-17/h4-9,11H,2-3,10,12-13H2,1H3. The molecule has 0 fully saturated rings. The van der Waals surface area contributed by atoms with Gasteiger partial charge in [-0.3, -0.25) is 13.9 Å². The van der Waals surface area contributed by atoms with Crippen LogP contribution in [0.3, 0.4) is 0 Å². The molecule has 2 aromatic rings. The molecular weight excluding hydrogens is 478 g/mol. The Balaban J connectivity index is 1.57. The number of hydrogen-bond acceptors (Lipinski definition) is 6. The number of thioether (sulfide) groups is 1. The number of halogens is 1. The lowest BCUT2D eigenvalue weighted by Gasteiger charge is -2.29. The predicted octanol–water partition coefficient (Wildman–Crippen LogP) is 3.68. The maximum Gasteiger partial charge on any atom is 0.316 e. The molecule has 0 spiro atoms. The van der Waals surface area contributed by atoms with Gasteiger partial charge in [-0.05, 0) is 60.9 Å². The molecule has 0 N–H and O–H groups in total. The van der Waals surface area contributed by atoms with Gasteiger partial charge in [0, 0.05) is 21.5 Å². The zero-order chi connectivity index (χ0) is 21.0. The van der Waals surface area contributed by atoms with Crippen molar-refractivity contribution in [1.82, 2.24) is 0 Å². The highest BCUT2D eigenvalue weighted by Crippen LogP contribution is 2.30. The van der Waals surface area contributed by atoms with E-state index in [-0.39, 0.29) is 18.1 Å². The summed E-state index contributed by atoms with van der Waals surface area (Å²) >= 11 is 4.69. The summed E-state index contributed by atoms with van der Waals surface area (Å²) in [5.74, 6) is -0.665. The Hall–Kier alpha value is -1.84. The van der Waals surface area contributed by atoms with Crippen molar-refractivity contribution in [2.45, 2.75) is 17.7 Å². The third-order valence-electron chi connectivity index (χ3n) is 4.41. The van der Waals surface area contributed by atoms with Gasteiger partial charge in [0.2, 0.25) is 10.0 Å². The fourth-order valence-corrected chi connectivity index (χ4v) is 4.98. The summed E-state index contributed by atoms with van der Waals surface area (Å²) in [6.07, 6.45) is 2.57. The Labute approximate surface area is 182 Å². The van der Waals surface area contributed by atoms with Crippen molar-refractivity contribution < 1.29 is 22.7 Å². The second-order valence-electron chi connectivity index (χ2n) is 6.61. The van der Waals surface area contributed by atoms with Crippen molar-refractivity contribution in [2.24, 2.45) is 0 Å². The number of carbonyl (C=O) groups excluding carboxylic acids is 2. The Morgan fingerprint density at radius 2 is 1.90 bits per heavy atom. The van der Waals surface area contributed by atoms with Crippen LogP contribution >= 0.6 is 27.7 Å². The molecule has 2 aromatic carbocycles. The van der Waals surface area contributed by atoms with Crippen molar-refractivity contribution in [3.8, 4) is 0 Å². The van der Waals surface area contributed by atoms with Gasteiger partial charge in [0.1, 0.15) is 0 Å². The van der Waals surface area contributed by atoms with E-state index in [2.05, 4.69) is 15.9 Å². The zero-order valence-corrected chi connectivity index (χ0v) is 19.0. The SMILES string of the molecule is CS(=O)(=O)N1CCCc2cc(C(=O)COC(=O)CSc3ccc(Br)cc3)ccc21. The molecule has 0 unspecified atom stereocenters. The summed E-state index contributed by atoms with van der Waals surface area (Å²) in [6, 6.07) is 12.5. The van der Waals surface area contributed by atoms with Gasteiger partial charge in [-0.2, -0.15) is 0 Å². The van der Waals surface area contributed by atoms with Crippen LogP contribution in [-0.4, -0.2) is 45.3 Å². The molecule has 29 heavy (non-hydrogen) atoms. The summed E-state index contributed by atoms with van der Waals surface area (Å²) in [6.45, 7) is 0.0983. The third kappa shape index (κ3) is 5.83. The van der Waals surface area contributed by atoms with E-state index >= 15 is 0 Å². The molecule has 0 amide bonds. The van der Waals surface area contributed by atoms with Crippen molar-refractivity contribution in [1.29, 1.82) is 0 Å². The number of rotatable bonds is 7. The first kappa shape index (κ1) is 21.9. The summed E-state index contributed by atoms with van der Waals surface area (Å²) in [7, 11) is -3.35. The molecular formula is C20H20BrNO5S2. The van der Waals surface area contributed by atoms with E-state index in [0.717, 1.165) is 14.9 Å². The first-order chi connectivity index (χ1) is 13.7. The van der Waals surface area contributed by atoms with Gasteiger partial charge in [0.05, 0.1) is 17.7 Å². The average Bonchev–Trinajstić information content (AvgIpc) is 2.70. The van der Waals surface area contributed by atoms with Crippen LogP contribution in [0.4, 0.5) is 5.69 Å².